The summed E-state index contributed by atoms with van der Waals surface area (Å²) in [6.45, 7) is 6.71. The molecule has 1 unspecified atom stereocenters. The number of ether oxygens (including phenoxy) is 1. The van der Waals surface area contributed by atoms with Gasteiger partial charge in [-0.05, 0) is 50.1 Å². The van der Waals surface area contributed by atoms with Gasteiger partial charge in [0, 0.05) is 64.1 Å². The Kier molecular flexibility index (Phi) is 8.08. The van der Waals surface area contributed by atoms with Crippen molar-refractivity contribution < 1.29 is 13.2 Å². The highest BCUT2D eigenvalue weighted by atomic mass is 35.5. The molecule has 0 spiro atoms. The number of anilines is 4. The van der Waals surface area contributed by atoms with Gasteiger partial charge >= 0.3 is 0 Å². The van der Waals surface area contributed by atoms with Crippen LogP contribution >= 0.6 is 11.6 Å². The average Bonchev–Trinajstić information content (AvgIpc) is 3.70. The first-order valence-corrected chi connectivity index (χ1v) is 18.0. The van der Waals surface area contributed by atoms with Gasteiger partial charge in [-0.15, -0.1) is 0 Å². The summed E-state index contributed by atoms with van der Waals surface area (Å²) in [4.78, 5) is 15.6. The number of aromatic nitrogens is 1. The number of benzene rings is 2. The lowest BCUT2D eigenvalue weighted by Gasteiger charge is -2.43. The molecule has 0 radical (unpaired) electrons. The first-order chi connectivity index (χ1) is 22.0. The van der Waals surface area contributed by atoms with Crippen LogP contribution in [0, 0.1) is 0 Å². The molecule has 1 atom stereocenters. The Balaban J connectivity index is 1.18. The van der Waals surface area contributed by atoms with E-state index >= 15 is 0 Å². The summed E-state index contributed by atoms with van der Waals surface area (Å²) >= 11 is 7.01. The molecular formula is C32H42ClN9O3S. The number of nitrogens with one attached hydrogen (secondary N) is 3. The van der Waals surface area contributed by atoms with Crippen LogP contribution in [0.25, 0.3) is 0 Å². The smallest absolute Gasteiger partial charge is 0.232 e. The van der Waals surface area contributed by atoms with Crippen molar-refractivity contribution in [2.75, 3.05) is 86.1 Å². The number of halogens is 1. The molecule has 2 saturated heterocycles. The zero-order valence-electron chi connectivity index (χ0n) is 26.5. The monoisotopic (exact) mass is 667 g/mol. The number of rotatable bonds is 6. The van der Waals surface area contributed by atoms with Crippen LogP contribution in [0.3, 0.4) is 0 Å². The van der Waals surface area contributed by atoms with E-state index in [1.54, 1.807) is 13.3 Å². The SMILES string of the molecule is COc1cc(N2CCC(N3CCN(C)CC3)CC2)c(Cl)cc1C1(N)N=C(Nc2cccc3c2N(S(C)(=O)=O)CC3)c2cc[nH]c2N1. The molecule has 2 aromatic carbocycles. The van der Waals surface area contributed by atoms with Gasteiger partial charge in [-0.25, -0.2) is 13.4 Å². The number of nitrogens with zero attached hydrogens (tertiary/aromatic N) is 5. The number of aliphatic imine (C=N–C) groups is 1. The molecule has 5 heterocycles. The fourth-order valence-corrected chi connectivity index (χ4v) is 8.49. The van der Waals surface area contributed by atoms with Gasteiger partial charge in [-0.2, -0.15) is 0 Å². The quantitative estimate of drug-likeness (QED) is 0.313. The van der Waals surface area contributed by atoms with E-state index in [1.807, 2.05) is 36.4 Å². The van der Waals surface area contributed by atoms with Crippen LogP contribution in [0.1, 0.15) is 29.5 Å². The number of sulfonamides is 1. The minimum absolute atomic E-state index is 0.396. The maximum absolute atomic E-state index is 12.6. The summed E-state index contributed by atoms with van der Waals surface area (Å²) in [7, 11) is 0.352. The number of nitrogens with two attached hydrogens (primary N) is 1. The number of hydrogen-bond acceptors (Lipinski definition) is 10. The molecule has 0 saturated carbocycles. The summed E-state index contributed by atoms with van der Waals surface area (Å²) < 4.78 is 32.6. The number of piperidine rings is 1. The predicted molar refractivity (Wildman–Crippen MR) is 185 cm³/mol. The Labute approximate surface area is 275 Å². The number of H-pyrrole nitrogens is 1. The summed E-state index contributed by atoms with van der Waals surface area (Å²) in [5, 5.41) is 7.33. The lowest BCUT2D eigenvalue weighted by atomic mass is 10.00. The standard InChI is InChI=1S/C32H42ClN9O3S/c1-39-15-17-40(18-16-39)22-9-12-41(13-10-22)27-20-28(45-2)24(19-25(27)33)32(34)37-30-23(7-11-35-30)31(38-32)36-26-6-4-5-21-8-14-42(29(21)26)46(3,43)44/h4-7,11,19-20,22,35,37H,8-10,12-18,34H2,1-3H3,(H,36,38). The molecule has 46 heavy (non-hydrogen) atoms. The molecule has 1 aromatic heterocycles. The van der Waals surface area contributed by atoms with E-state index in [9.17, 15) is 8.42 Å². The molecule has 4 aliphatic heterocycles. The second-order valence-corrected chi connectivity index (χ2v) is 15.0. The van der Waals surface area contributed by atoms with Crippen molar-refractivity contribution in [1.29, 1.82) is 0 Å². The summed E-state index contributed by atoms with van der Waals surface area (Å²) in [5.41, 5.74) is 11.6. The van der Waals surface area contributed by atoms with Crippen molar-refractivity contribution in [3.8, 4) is 5.75 Å². The number of likely N-dealkylation sites (N-methyl/N-ethyl adjacent to an activating group) is 1. The van der Waals surface area contributed by atoms with Gasteiger partial charge in [-0.3, -0.25) is 14.9 Å². The second-order valence-electron chi connectivity index (χ2n) is 12.7. The third-order valence-electron chi connectivity index (χ3n) is 9.75. The molecule has 2 fully saturated rings. The summed E-state index contributed by atoms with van der Waals surface area (Å²) in [5.74, 6) is 0.272. The zero-order valence-corrected chi connectivity index (χ0v) is 28.1. The van der Waals surface area contributed by atoms with Gasteiger partial charge in [0.1, 0.15) is 17.4 Å². The first kappa shape index (κ1) is 31.1. The molecular weight excluding hydrogens is 626 g/mol. The number of piperazine rings is 1. The predicted octanol–water partition coefficient (Wildman–Crippen LogP) is 3.27. The fourth-order valence-electron chi connectivity index (χ4n) is 7.24. The van der Waals surface area contributed by atoms with Crippen LogP contribution in [0.4, 0.5) is 22.9 Å². The number of para-hydroxylation sites is 1. The molecule has 14 heteroatoms. The molecule has 7 rings (SSSR count). The number of hydrogen-bond donors (Lipinski definition) is 4. The van der Waals surface area contributed by atoms with Crippen molar-refractivity contribution in [3.63, 3.8) is 0 Å². The Morgan fingerprint density at radius 3 is 2.57 bits per heavy atom. The maximum atomic E-state index is 12.6. The third-order valence-corrected chi connectivity index (χ3v) is 11.2. The summed E-state index contributed by atoms with van der Waals surface area (Å²) in [6, 6.07) is 12.0. The van der Waals surface area contributed by atoms with E-state index < -0.39 is 15.8 Å². The number of methoxy groups -OCH3 is 1. The fraction of sp³-hybridized carbons (Fsp3) is 0.469. The molecule has 12 nitrogen and oxygen atoms in total. The Bertz CT molecular complexity index is 1760. The van der Waals surface area contributed by atoms with Crippen LogP contribution in [-0.4, -0.2) is 101 Å². The molecule has 0 aliphatic carbocycles. The Hall–Kier alpha value is -3.49. The third kappa shape index (κ3) is 5.68. The van der Waals surface area contributed by atoms with Crippen molar-refractivity contribution in [1.82, 2.24) is 14.8 Å². The average molecular weight is 668 g/mol. The maximum Gasteiger partial charge on any atom is 0.232 e. The lowest BCUT2D eigenvalue weighted by Crippen LogP contribution is -2.52. The van der Waals surface area contributed by atoms with Crippen LogP contribution < -0.4 is 30.3 Å². The highest BCUT2D eigenvalue weighted by Crippen LogP contribution is 2.43. The van der Waals surface area contributed by atoms with Gasteiger partial charge in [0.15, 0.2) is 0 Å². The number of fused-ring (bicyclic) bond motifs is 2. The van der Waals surface area contributed by atoms with E-state index in [-0.39, 0.29) is 0 Å². The van der Waals surface area contributed by atoms with Gasteiger partial charge in [0.05, 0.1) is 46.6 Å². The minimum Gasteiger partial charge on any atom is -0.496 e. The molecule has 0 bridgehead atoms. The molecule has 0 amide bonds. The number of amidine groups is 1. The first-order valence-electron chi connectivity index (χ1n) is 15.8. The second kappa shape index (κ2) is 11.9. The Morgan fingerprint density at radius 1 is 1.09 bits per heavy atom. The van der Waals surface area contributed by atoms with E-state index in [1.165, 1.54) is 10.6 Å². The van der Waals surface area contributed by atoms with Crippen molar-refractivity contribution in [2.24, 2.45) is 10.7 Å². The normalized spacial score (nSPS) is 22.7. The summed E-state index contributed by atoms with van der Waals surface area (Å²) in [6.07, 6.45) is 5.84. The Morgan fingerprint density at radius 2 is 1.85 bits per heavy atom. The van der Waals surface area contributed by atoms with Gasteiger partial charge < -0.3 is 30.2 Å². The van der Waals surface area contributed by atoms with Crippen molar-refractivity contribution in [3.05, 3.63) is 64.3 Å². The van der Waals surface area contributed by atoms with E-state index in [0.717, 1.165) is 68.9 Å². The largest absolute Gasteiger partial charge is 0.496 e. The van der Waals surface area contributed by atoms with Crippen LogP contribution in [0.2, 0.25) is 5.02 Å². The number of aromatic amines is 1. The molecule has 246 valence electrons. The van der Waals surface area contributed by atoms with Crippen LogP contribution in [-0.2, 0) is 22.2 Å². The van der Waals surface area contributed by atoms with Gasteiger partial charge in [0.25, 0.3) is 0 Å². The highest BCUT2D eigenvalue weighted by Gasteiger charge is 2.38. The van der Waals surface area contributed by atoms with Crippen LogP contribution in [0.15, 0.2) is 47.6 Å². The zero-order chi connectivity index (χ0) is 32.2. The van der Waals surface area contributed by atoms with Gasteiger partial charge in [-0.1, -0.05) is 23.7 Å². The van der Waals surface area contributed by atoms with Crippen LogP contribution in [0.5, 0.6) is 5.75 Å². The molecule has 3 aromatic rings. The molecule has 4 aliphatic rings. The topological polar surface area (TPSA) is 135 Å². The highest BCUT2D eigenvalue weighted by molar-refractivity contribution is 7.92. The van der Waals surface area contributed by atoms with E-state index in [4.69, 9.17) is 27.1 Å². The van der Waals surface area contributed by atoms with E-state index in [0.29, 0.717) is 58.4 Å². The van der Waals surface area contributed by atoms with Crippen molar-refractivity contribution in [2.45, 2.75) is 31.1 Å². The van der Waals surface area contributed by atoms with Gasteiger partial charge in [0.2, 0.25) is 15.8 Å². The van der Waals surface area contributed by atoms with Crippen molar-refractivity contribution >= 4 is 50.3 Å². The molecule has 5 N–H and O–H groups in total. The lowest BCUT2D eigenvalue weighted by molar-refractivity contribution is 0.0982. The minimum atomic E-state index is -3.46. The van der Waals surface area contributed by atoms with E-state index in [2.05, 4.69) is 37.4 Å².